The van der Waals surface area contributed by atoms with Gasteiger partial charge in [-0.05, 0) is 20.8 Å². The molecule has 1 atom stereocenters. The van der Waals surface area contributed by atoms with Gasteiger partial charge in [-0.2, -0.15) is 0 Å². The van der Waals surface area contributed by atoms with Gasteiger partial charge < -0.3 is 14.9 Å². The van der Waals surface area contributed by atoms with Crippen LogP contribution in [-0.2, 0) is 9.53 Å². The summed E-state index contributed by atoms with van der Waals surface area (Å²) in [5.74, 6) is -0.431. The van der Waals surface area contributed by atoms with Crippen molar-refractivity contribution in [3.05, 3.63) is 0 Å². The van der Waals surface area contributed by atoms with E-state index in [1.165, 1.54) is 6.92 Å². The van der Waals surface area contributed by atoms with Crippen molar-refractivity contribution in [1.29, 1.82) is 0 Å². The first-order chi connectivity index (χ1) is 5.81. The monoisotopic (exact) mass is 190 g/mol. The number of carbonyl (C=O) groups is 1. The lowest BCUT2D eigenvalue weighted by Gasteiger charge is -2.16. The lowest BCUT2D eigenvalue weighted by atomic mass is 10.1. The molecule has 0 aliphatic heterocycles. The highest BCUT2D eigenvalue weighted by atomic mass is 16.5. The second-order valence-corrected chi connectivity index (χ2v) is 3.84. The minimum absolute atomic E-state index is 0.00581. The first-order valence-corrected chi connectivity index (χ1v) is 4.37. The lowest BCUT2D eigenvalue weighted by molar-refractivity contribution is -0.146. The van der Waals surface area contributed by atoms with Crippen LogP contribution in [0.4, 0.5) is 0 Å². The molecule has 0 radical (unpaired) electrons. The van der Waals surface area contributed by atoms with Crippen LogP contribution >= 0.6 is 0 Å². The third kappa shape index (κ3) is 9.30. The summed E-state index contributed by atoms with van der Waals surface area (Å²) in [4.78, 5) is 10.9. The molecule has 0 spiro atoms. The van der Waals surface area contributed by atoms with Crippen molar-refractivity contribution in [1.82, 2.24) is 0 Å². The van der Waals surface area contributed by atoms with Gasteiger partial charge in [-0.1, -0.05) is 0 Å². The molecule has 0 aliphatic rings. The Morgan fingerprint density at radius 1 is 1.54 bits per heavy atom. The fraction of sp³-hybridized carbons (Fsp3) is 0.889. The third-order valence-electron chi connectivity index (χ3n) is 1.44. The van der Waals surface area contributed by atoms with Gasteiger partial charge >= 0.3 is 5.97 Å². The van der Waals surface area contributed by atoms with Gasteiger partial charge in [0, 0.05) is 6.42 Å². The van der Waals surface area contributed by atoms with E-state index in [0.717, 1.165) is 0 Å². The Kier molecular flexibility index (Phi) is 4.95. The molecule has 13 heavy (non-hydrogen) atoms. The molecule has 0 heterocycles. The maximum Gasteiger partial charge on any atom is 0.308 e. The van der Waals surface area contributed by atoms with Gasteiger partial charge in [0.05, 0.1) is 24.7 Å². The molecule has 4 nitrogen and oxygen atoms in total. The first-order valence-electron chi connectivity index (χ1n) is 4.37. The van der Waals surface area contributed by atoms with E-state index < -0.39 is 17.7 Å². The predicted octanol–water partition coefficient (Wildman–Crippen LogP) is 0.462. The molecule has 0 bridgehead atoms. The number of hydrogen-bond donors (Lipinski definition) is 2. The van der Waals surface area contributed by atoms with Crippen molar-refractivity contribution >= 4 is 5.97 Å². The van der Waals surface area contributed by atoms with Crippen LogP contribution in [0.15, 0.2) is 0 Å². The van der Waals surface area contributed by atoms with Gasteiger partial charge in [0.2, 0.25) is 0 Å². The van der Waals surface area contributed by atoms with Gasteiger partial charge in [-0.25, -0.2) is 0 Å². The van der Waals surface area contributed by atoms with Gasteiger partial charge in [0.25, 0.3) is 0 Å². The Labute approximate surface area is 78.5 Å². The summed E-state index contributed by atoms with van der Waals surface area (Å²) < 4.78 is 4.77. The number of rotatable bonds is 5. The predicted molar refractivity (Wildman–Crippen MR) is 48.2 cm³/mol. The molecule has 0 aromatic heterocycles. The molecule has 0 saturated heterocycles. The molecule has 4 heteroatoms. The molecule has 1 unspecified atom stereocenters. The van der Waals surface area contributed by atoms with E-state index in [0.29, 0.717) is 6.42 Å². The Morgan fingerprint density at radius 2 is 2.08 bits per heavy atom. The minimum atomic E-state index is -0.814. The van der Waals surface area contributed by atoms with E-state index in [2.05, 4.69) is 0 Å². The van der Waals surface area contributed by atoms with Gasteiger partial charge in [0.15, 0.2) is 0 Å². The Hall–Kier alpha value is -0.610. The van der Waals surface area contributed by atoms with E-state index in [-0.39, 0.29) is 13.0 Å². The fourth-order valence-corrected chi connectivity index (χ4v) is 0.715. The number of aliphatic hydroxyl groups is 2. The Balaban J connectivity index is 3.49. The summed E-state index contributed by atoms with van der Waals surface area (Å²) in [5.41, 5.74) is -0.814. The highest BCUT2D eigenvalue weighted by molar-refractivity contribution is 5.69. The largest absolute Gasteiger partial charge is 0.465 e. The zero-order valence-electron chi connectivity index (χ0n) is 8.41. The molecular formula is C9H18O4. The topological polar surface area (TPSA) is 66.8 Å². The molecule has 0 aromatic rings. The van der Waals surface area contributed by atoms with E-state index in [4.69, 9.17) is 9.84 Å². The average Bonchev–Trinajstić information content (AvgIpc) is 1.81. The van der Waals surface area contributed by atoms with E-state index in [9.17, 15) is 9.90 Å². The van der Waals surface area contributed by atoms with Crippen LogP contribution < -0.4 is 0 Å². The SMILES string of the molecule is CC(O)CC(=O)OCCC(C)(C)O. The summed E-state index contributed by atoms with van der Waals surface area (Å²) in [5, 5.41) is 18.1. The summed E-state index contributed by atoms with van der Waals surface area (Å²) in [7, 11) is 0. The molecule has 78 valence electrons. The van der Waals surface area contributed by atoms with Crippen molar-refractivity contribution in [2.24, 2.45) is 0 Å². The molecule has 0 amide bonds. The minimum Gasteiger partial charge on any atom is -0.465 e. The average molecular weight is 190 g/mol. The van der Waals surface area contributed by atoms with Crippen LogP contribution in [0.5, 0.6) is 0 Å². The van der Waals surface area contributed by atoms with Gasteiger partial charge in [0.1, 0.15) is 0 Å². The highest BCUT2D eigenvalue weighted by Gasteiger charge is 2.14. The normalized spacial score (nSPS) is 13.9. The Bertz CT molecular complexity index is 157. The second-order valence-electron chi connectivity index (χ2n) is 3.84. The first kappa shape index (κ1) is 12.4. The number of aliphatic hydroxyl groups excluding tert-OH is 1. The number of hydrogen-bond acceptors (Lipinski definition) is 4. The molecule has 0 aliphatic carbocycles. The summed E-state index contributed by atoms with van der Waals surface area (Å²) in [6.45, 7) is 5.01. The zero-order chi connectivity index (χ0) is 10.5. The smallest absolute Gasteiger partial charge is 0.308 e. The quantitative estimate of drug-likeness (QED) is 0.618. The molecular weight excluding hydrogens is 172 g/mol. The maximum absolute atomic E-state index is 10.9. The van der Waals surface area contributed by atoms with E-state index in [1.807, 2.05) is 0 Å². The van der Waals surface area contributed by atoms with E-state index in [1.54, 1.807) is 13.8 Å². The van der Waals surface area contributed by atoms with E-state index >= 15 is 0 Å². The van der Waals surface area contributed by atoms with Gasteiger partial charge in [-0.3, -0.25) is 4.79 Å². The standard InChI is InChI=1S/C9H18O4/c1-7(10)6-8(11)13-5-4-9(2,3)12/h7,10,12H,4-6H2,1-3H3. The molecule has 0 rings (SSSR count). The third-order valence-corrected chi connectivity index (χ3v) is 1.44. The van der Waals surface area contributed by atoms with Crippen LogP contribution in [0.3, 0.4) is 0 Å². The lowest BCUT2D eigenvalue weighted by Crippen LogP contribution is -2.22. The summed E-state index contributed by atoms with van der Waals surface area (Å²) in [6.07, 6.45) is -0.264. The number of ether oxygens (including phenoxy) is 1. The molecule has 0 saturated carbocycles. The maximum atomic E-state index is 10.9. The van der Waals surface area contributed by atoms with Crippen LogP contribution in [0.2, 0.25) is 0 Å². The molecule has 0 fully saturated rings. The highest BCUT2D eigenvalue weighted by Crippen LogP contribution is 2.07. The fourth-order valence-electron chi connectivity index (χ4n) is 0.715. The van der Waals surface area contributed by atoms with Crippen LogP contribution in [0, 0.1) is 0 Å². The zero-order valence-corrected chi connectivity index (χ0v) is 8.41. The van der Waals surface area contributed by atoms with Crippen LogP contribution in [-0.4, -0.2) is 34.5 Å². The van der Waals surface area contributed by atoms with Crippen LogP contribution in [0.25, 0.3) is 0 Å². The van der Waals surface area contributed by atoms with Crippen molar-refractivity contribution in [3.8, 4) is 0 Å². The molecule has 2 N–H and O–H groups in total. The van der Waals surface area contributed by atoms with Crippen molar-refractivity contribution < 1.29 is 19.7 Å². The number of carbonyl (C=O) groups excluding carboxylic acids is 1. The van der Waals surface area contributed by atoms with Crippen molar-refractivity contribution in [2.45, 2.75) is 45.3 Å². The van der Waals surface area contributed by atoms with Gasteiger partial charge in [-0.15, -0.1) is 0 Å². The second kappa shape index (κ2) is 5.19. The molecule has 0 aromatic carbocycles. The van der Waals surface area contributed by atoms with Crippen molar-refractivity contribution in [2.75, 3.05) is 6.61 Å². The number of esters is 1. The van der Waals surface area contributed by atoms with Crippen LogP contribution in [0.1, 0.15) is 33.6 Å². The summed E-state index contributed by atoms with van der Waals surface area (Å²) in [6, 6.07) is 0. The summed E-state index contributed by atoms with van der Waals surface area (Å²) >= 11 is 0. The Morgan fingerprint density at radius 3 is 2.46 bits per heavy atom. The van der Waals surface area contributed by atoms with Crippen molar-refractivity contribution in [3.63, 3.8) is 0 Å².